The average molecular weight is 286 g/mol. The number of methoxy groups -OCH3 is 2. The van der Waals surface area contributed by atoms with Gasteiger partial charge in [0.2, 0.25) is 5.95 Å². The zero-order chi connectivity index (χ0) is 14.7. The Morgan fingerprint density at radius 2 is 1.95 bits per heavy atom. The molecule has 1 aromatic heterocycles. The number of nitrogens with zero attached hydrogens (tertiary/aromatic N) is 4. The van der Waals surface area contributed by atoms with Crippen LogP contribution in [0.25, 0.3) is 0 Å². The van der Waals surface area contributed by atoms with Gasteiger partial charge in [0.15, 0.2) is 0 Å². The van der Waals surface area contributed by atoms with Crippen LogP contribution in [0.15, 0.2) is 30.9 Å². The van der Waals surface area contributed by atoms with Crippen molar-refractivity contribution in [1.29, 1.82) is 0 Å². The van der Waals surface area contributed by atoms with Crippen molar-refractivity contribution in [3.05, 3.63) is 36.4 Å². The average Bonchev–Trinajstić information content (AvgIpc) is 3.05. The summed E-state index contributed by atoms with van der Waals surface area (Å²) in [6.07, 6.45) is 4.10. The van der Waals surface area contributed by atoms with Crippen molar-refractivity contribution in [2.45, 2.75) is 12.3 Å². The molecular weight excluding hydrogens is 268 g/mol. The Kier molecular flexibility index (Phi) is 3.85. The van der Waals surface area contributed by atoms with Crippen molar-refractivity contribution in [1.82, 2.24) is 15.0 Å². The first-order valence-electron chi connectivity index (χ1n) is 6.90. The summed E-state index contributed by atoms with van der Waals surface area (Å²) < 4.78 is 10.8. The van der Waals surface area contributed by atoms with Crippen LogP contribution in [-0.4, -0.2) is 42.3 Å². The van der Waals surface area contributed by atoms with Gasteiger partial charge in [-0.3, -0.25) is 0 Å². The van der Waals surface area contributed by atoms with Gasteiger partial charge in [0.25, 0.3) is 0 Å². The fourth-order valence-electron chi connectivity index (χ4n) is 2.75. The van der Waals surface area contributed by atoms with E-state index < -0.39 is 0 Å². The first-order chi connectivity index (χ1) is 10.3. The first-order valence-corrected chi connectivity index (χ1v) is 6.90. The lowest BCUT2D eigenvalue weighted by atomic mass is 9.97. The largest absolute Gasteiger partial charge is 0.497 e. The summed E-state index contributed by atoms with van der Waals surface area (Å²) in [5, 5.41) is 0. The summed E-state index contributed by atoms with van der Waals surface area (Å²) >= 11 is 0. The van der Waals surface area contributed by atoms with E-state index in [0.717, 1.165) is 37.0 Å². The Labute approximate surface area is 123 Å². The number of hydrogen-bond acceptors (Lipinski definition) is 6. The van der Waals surface area contributed by atoms with Crippen LogP contribution in [-0.2, 0) is 0 Å². The second kappa shape index (κ2) is 5.95. The van der Waals surface area contributed by atoms with Gasteiger partial charge in [-0.1, -0.05) is 0 Å². The Bertz CT molecular complexity index is 606. The molecule has 1 atom stereocenters. The minimum Gasteiger partial charge on any atom is -0.497 e. The lowest BCUT2D eigenvalue weighted by molar-refractivity contribution is 0.396. The normalized spacial score (nSPS) is 17.8. The number of hydrogen-bond donors (Lipinski definition) is 0. The molecule has 6 nitrogen and oxygen atoms in total. The Balaban J connectivity index is 1.83. The van der Waals surface area contributed by atoms with Gasteiger partial charge in [-0.25, -0.2) is 15.0 Å². The molecule has 1 aliphatic rings. The zero-order valence-electron chi connectivity index (χ0n) is 12.2. The van der Waals surface area contributed by atoms with Gasteiger partial charge in [0.1, 0.15) is 24.2 Å². The molecule has 3 rings (SSSR count). The van der Waals surface area contributed by atoms with Gasteiger partial charge in [-0.2, -0.15) is 0 Å². The molecule has 0 aliphatic carbocycles. The molecule has 2 aromatic rings. The molecule has 0 bridgehead atoms. The smallest absolute Gasteiger partial charge is 0.228 e. The number of anilines is 1. The van der Waals surface area contributed by atoms with Crippen molar-refractivity contribution >= 4 is 5.95 Å². The van der Waals surface area contributed by atoms with E-state index in [1.165, 1.54) is 18.2 Å². The first kappa shape index (κ1) is 13.6. The SMILES string of the molecule is COc1ccc(OC)c([C@H]2CCN(c3ncncn3)C2)c1. The van der Waals surface area contributed by atoms with E-state index in [-0.39, 0.29) is 0 Å². The zero-order valence-corrected chi connectivity index (χ0v) is 12.2. The third kappa shape index (κ3) is 2.74. The molecule has 2 heterocycles. The molecule has 1 fully saturated rings. The van der Waals surface area contributed by atoms with Gasteiger partial charge in [0, 0.05) is 24.6 Å². The maximum absolute atomic E-state index is 5.48. The molecule has 1 saturated heterocycles. The van der Waals surface area contributed by atoms with E-state index >= 15 is 0 Å². The minimum absolute atomic E-state index is 0.381. The second-order valence-corrected chi connectivity index (χ2v) is 4.98. The number of benzene rings is 1. The maximum Gasteiger partial charge on any atom is 0.228 e. The van der Waals surface area contributed by atoms with E-state index in [1.54, 1.807) is 14.2 Å². The van der Waals surface area contributed by atoms with Crippen LogP contribution in [0.1, 0.15) is 17.9 Å². The number of aromatic nitrogens is 3. The molecular formula is C15H18N4O2. The van der Waals surface area contributed by atoms with Crippen molar-refractivity contribution < 1.29 is 9.47 Å². The van der Waals surface area contributed by atoms with Crippen molar-refractivity contribution in [2.24, 2.45) is 0 Å². The lowest BCUT2D eigenvalue weighted by Crippen LogP contribution is -2.21. The fraction of sp³-hybridized carbons (Fsp3) is 0.400. The lowest BCUT2D eigenvalue weighted by Gasteiger charge is -2.18. The predicted octanol–water partition coefficient (Wildman–Crippen LogP) is 1.88. The summed E-state index contributed by atoms with van der Waals surface area (Å²) in [5.41, 5.74) is 1.17. The van der Waals surface area contributed by atoms with E-state index in [4.69, 9.17) is 9.47 Å². The third-order valence-corrected chi connectivity index (χ3v) is 3.83. The van der Waals surface area contributed by atoms with E-state index in [1.807, 2.05) is 12.1 Å². The molecule has 1 aromatic carbocycles. The van der Waals surface area contributed by atoms with Crippen LogP contribution in [0.4, 0.5) is 5.95 Å². The third-order valence-electron chi connectivity index (χ3n) is 3.83. The Hall–Kier alpha value is -2.37. The minimum atomic E-state index is 0.381. The molecule has 0 spiro atoms. The number of ether oxygens (including phenoxy) is 2. The van der Waals surface area contributed by atoms with Crippen LogP contribution in [0, 0.1) is 0 Å². The fourth-order valence-corrected chi connectivity index (χ4v) is 2.75. The highest BCUT2D eigenvalue weighted by Crippen LogP contribution is 2.36. The van der Waals surface area contributed by atoms with Crippen molar-refractivity contribution in [3.63, 3.8) is 0 Å². The van der Waals surface area contributed by atoms with Gasteiger partial charge in [-0.05, 0) is 24.6 Å². The highest BCUT2D eigenvalue weighted by Gasteiger charge is 2.28. The molecule has 0 amide bonds. The Morgan fingerprint density at radius 3 is 2.67 bits per heavy atom. The topological polar surface area (TPSA) is 60.4 Å². The second-order valence-electron chi connectivity index (χ2n) is 4.98. The van der Waals surface area contributed by atoms with Crippen molar-refractivity contribution in [2.75, 3.05) is 32.2 Å². The summed E-state index contributed by atoms with van der Waals surface area (Å²) in [6, 6.07) is 5.93. The molecule has 21 heavy (non-hydrogen) atoms. The highest BCUT2D eigenvalue weighted by molar-refractivity contribution is 5.45. The van der Waals surface area contributed by atoms with Crippen LogP contribution >= 0.6 is 0 Å². The van der Waals surface area contributed by atoms with Crippen LogP contribution < -0.4 is 14.4 Å². The summed E-state index contributed by atoms with van der Waals surface area (Å²) in [4.78, 5) is 14.5. The van der Waals surface area contributed by atoms with Crippen molar-refractivity contribution in [3.8, 4) is 11.5 Å². The molecule has 0 saturated carbocycles. The number of rotatable bonds is 4. The summed E-state index contributed by atoms with van der Waals surface area (Å²) in [5.74, 6) is 2.86. The molecule has 0 N–H and O–H groups in total. The quantitative estimate of drug-likeness (QED) is 0.855. The van der Waals surface area contributed by atoms with Gasteiger partial charge in [-0.15, -0.1) is 0 Å². The van der Waals surface area contributed by atoms with Gasteiger partial charge in [0.05, 0.1) is 14.2 Å². The van der Waals surface area contributed by atoms with Gasteiger partial charge < -0.3 is 14.4 Å². The van der Waals surface area contributed by atoms with E-state index in [0.29, 0.717) is 5.92 Å². The summed E-state index contributed by atoms with van der Waals surface area (Å²) in [6.45, 7) is 1.79. The predicted molar refractivity (Wildman–Crippen MR) is 78.9 cm³/mol. The molecule has 1 aliphatic heterocycles. The molecule has 6 heteroatoms. The Morgan fingerprint density at radius 1 is 1.14 bits per heavy atom. The monoisotopic (exact) mass is 286 g/mol. The van der Waals surface area contributed by atoms with E-state index in [9.17, 15) is 0 Å². The highest BCUT2D eigenvalue weighted by atomic mass is 16.5. The standard InChI is InChI=1S/C15H18N4O2/c1-20-12-3-4-14(21-2)13(7-12)11-5-6-19(8-11)15-17-9-16-10-18-15/h3-4,7,9-11H,5-6,8H2,1-2H3/t11-/m0/s1. The maximum atomic E-state index is 5.48. The molecule has 0 radical (unpaired) electrons. The van der Waals surface area contributed by atoms with Crippen LogP contribution in [0.3, 0.4) is 0 Å². The molecule has 110 valence electrons. The van der Waals surface area contributed by atoms with Crippen LogP contribution in [0.5, 0.6) is 11.5 Å². The summed E-state index contributed by atoms with van der Waals surface area (Å²) in [7, 11) is 3.38. The van der Waals surface area contributed by atoms with E-state index in [2.05, 4.69) is 25.9 Å². The molecule has 0 unspecified atom stereocenters. The van der Waals surface area contributed by atoms with Gasteiger partial charge >= 0.3 is 0 Å². The van der Waals surface area contributed by atoms with Crippen LogP contribution in [0.2, 0.25) is 0 Å².